The largest absolute Gasteiger partial charge is 0.466 e. The number of nitrogens with one attached hydrogen (secondary N) is 2. The van der Waals surface area contributed by atoms with Gasteiger partial charge < -0.3 is 10.1 Å². The Morgan fingerprint density at radius 2 is 2.11 bits per heavy atom. The second-order valence-electron chi connectivity index (χ2n) is 3.84. The molecule has 0 aliphatic carbocycles. The minimum absolute atomic E-state index is 0.159. The van der Waals surface area contributed by atoms with Gasteiger partial charge >= 0.3 is 5.97 Å². The highest BCUT2D eigenvalue weighted by Gasteiger charge is 2.08. The fourth-order valence-electron chi connectivity index (χ4n) is 1.59. The molecule has 2 rings (SSSR count). The Hall–Kier alpha value is -2.44. The number of hydrogen-bond donors (Lipinski definition) is 2. The van der Waals surface area contributed by atoms with Gasteiger partial charge in [0.15, 0.2) is 0 Å². The van der Waals surface area contributed by atoms with Gasteiger partial charge in [-0.1, -0.05) is 0 Å². The monoisotopic (exact) mass is 262 g/mol. The molecule has 0 fully saturated rings. The van der Waals surface area contributed by atoms with Gasteiger partial charge in [-0.2, -0.15) is 15.4 Å². The molecule has 0 aliphatic heterocycles. The van der Waals surface area contributed by atoms with Crippen LogP contribution in [0.5, 0.6) is 0 Å². The van der Waals surface area contributed by atoms with Gasteiger partial charge in [-0.3, -0.25) is 9.59 Å². The van der Waals surface area contributed by atoms with Crippen LogP contribution in [0.15, 0.2) is 18.2 Å². The van der Waals surface area contributed by atoms with E-state index < -0.39 is 0 Å². The lowest BCUT2D eigenvalue weighted by Gasteiger charge is -2.05. The molecule has 0 spiro atoms. The Balaban J connectivity index is 1.90. The molecule has 1 heterocycles. The van der Waals surface area contributed by atoms with Gasteiger partial charge in [-0.25, -0.2) is 0 Å². The molecule has 19 heavy (non-hydrogen) atoms. The number of rotatable bonds is 5. The summed E-state index contributed by atoms with van der Waals surface area (Å²) < 4.78 is 4.76. The summed E-state index contributed by atoms with van der Waals surface area (Å²) >= 11 is 0. The average molecular weight is 262 g/mol. The first-order chi connectivity index (χ1) is 9.20. The number of nitrogens with zero attached hydrogens (tertiary/aromatic N) is 2. The third-order valence-electron chi connectivity index (χ3n) is 2.50. The van der Waals surface area contributed by atoms with Crippen LogP contribution in [0.4, 0.5) is 0 Å². The maximum absolute atomic E-state index is 11.8. The van der Waals surface area contributed by atoms with Gasteiger partial charge in [0.05, 0.1) is 13.0 Å². The number of H-pyrrole nitrogens is 1. The molecule has 1 amide bonds. The summed E-state index contributed by atoms with van der Waals surface area (Å²) in [7, 11) is 0. The van der Waals surface area contributed by atoms with Crippen LogP contribution in [0.1, 0.15) is 23.7 Å². The molecule has 0 saturated carbocycles. The zero-order valence-corrected chi connectivity index (χ0v) is 10.5. The van der Waals surface area contributed by atoms with Gasteiger partial charge in [0.2, 0.25) is 0 Å². The number of benzene rings is 1. The van der Waals surface area contributed by atoms with E-state index in [4.69, 9.17) is 4.74 Å². The molecule has 1 aromatic carbocycles. The summed E-state index contributed by atoms with van der Waals surface area (Å²) in [6.07, 6.45) is 0.159. The van der Waals surface area contributed by atoms with E-state index in [1.54, 1.807) is 25.1 Å². The van der Waals surface area contributed by atoms with E-state index in [-0.39, 0.29) is 24.8 Å². The molecular formula is C12H14N4O3. The van der Waals surface area contributed by atoms with Crippen molar-refractivity contribution in [1.82, 2.24) is 20.7 Å². The van der Waals surface area contributed by atoms with Crippen LogP contribution in [0.3, 0.4) is 0 Å². The van der Waals surface area contributed by atoms with Crippen LogP contribution >= 0.6 is 0 Å². The van der Waals surface area contributed by atoms with Gasteiger partial charge in [0.25, 0.3) is 5.91 Å². The van der Waals surface area contributed by atoms with Crippen LogP contribution in [-0.2, 0) is 9.53 Å². The van der Waals surface area contributed by atoms with Crippen molar-refractivity contribution in [3.8, 4) is 0 Å². The molecule has 0 aliphatic rings. The third-order valence-corrected chi connectivity index (χ3v) is 2.50. The Labute approximate surface area is 109 Å². The first kappa shape index (κ1) is 13.0. The van der Waals surface area contributed by atoms with Crippen molar-refractivity contribution in [2.24, 2.45) is 0 Å². The van der Waals surface area contributed by atoms with Crippen molar-refractivity contribution in [3.05, 3.63) is 23.8 Å². The first-order valence-corrected chi connectivity index (χ1v) is 5.95. The quantitative estimate of drug-likeness (QED) is 0.771. The second kappa shape index (κ2) is 5.94. The molecule has 7 nitrogen and oxygen atoms in total. The van der Waals surface area contributed by atoms with E-state index in [1.807, 2.05) is 0 Å². The number of aromatic amines is 1. The molecule has 7 heteroatoms. The molecule has 2 N–H and O–H groups in total. The number of ether oxygens (including phenoxy) is 1. The summed E-state index contributed by atoms with van der Waals surface area (Å²) in [6, 6.07) is 5.00. The van der Waals surface area contributed by atoms with Gasteiger partial charge in [0.1, 0.15) is 11.0 Å². The zero-order chi connectivity index (χ0) is 13.7. The summed E-state index contributed by atoms with van der Waals surface area (Å²) in [4.78, 5) is 22.9. The zero-order valence-electron chi connectivity index (χ0n) is 10.5. The lowest BCUT2D eigenvalue weighted by atomic mass is 10.2. The Morgan fingerprint density at radius 3 is 2.89 bits per heavy atom. The standard InChI is InChI=1S/C12H14N4O3/c1-2-19-11(17)5-6-13-12(18)8-3-4-9-10(7-8)15-16-14-9/h3-4,7H,2,5-6H2,1H3,(H,13,18)(H,14,15,16). The maximum atomic E-state index is 11.8. The summed E-state index contributed by atoms with van der Waals surface area (Å²) in [5.41, 5.74) is 1.80. The number of hydrogen-bond acceptors (Lipinski definition) is 5. The number of aromatic nitrogens is 3. The fourth-order valence-corrected chi connectivity index (χ4v) is 1.59. The summed E-state index contributed by atoms with van der Waals surface area (Å²) in [6.45, 7) is 2.33. The van der Waals surface area contributed by atoms with Crippen LogP contribution in [-0.4, -0.2) is 40.4 Å². The van der Waals surface area contributed by atoms with Crippen LogP contribution in [0.25, 0.3) is 11.0 Å². The molecule has 0 atom stereocenters. The van der Waals surface area contributed by atoms with Crippen LogP contribution in [0, 0.1) is 0 Å². The van der Waals surface area contributed by atoms with E-state index >= 15 is 0 Å². The van der Waals surface area contributed by atoms with E-state index in [0.29, 0.717) is 23.2 Å². The molecule has 0 bridgehead atoms. The molecule has 1 aromatic heterocycles. The minimum atomic E-state index is -0.324. The summed E-state index contributed by atoms with van der Waals surface area (Å²) in [5.74, 6) is -0.580. The SMILES string of the molecule is CCOC(=O)CCNC(=O)c1ccc2n[nH]nc2c1. The summed E-state index contributed by atoms with van der Waals surface area (Å²) in [5, 5.41) is 12.9. The van der Waals surface area contributed by atoms with E-state index in [1.165, 1.54) is 0 Å². The lowest BCUT2D eigenvalue weighted by molar-refractivity contribution is -0.142. The normalized spacial score (nSPS) is 10.4. The Kier molecular flexibility index (Phi) is 4.07. The number of esters is 1. The van der Waals surface area contributed by atoms with E-state index in [0.717, 1.165) is 0 Å². The lowest BCUT2D eigenvalue weighted by Crippen LogP contribution is -2.26. The molecular weight excluding hydrogens is 248 g/mol. The molecule has 0 saturated heterocycles. The van der Waals surface area contributed by atoms with Crippen molar-refractivity contribution in [3.63, 3.8) is 0 Å². The molecule has 0 unspecified atom stereocenters. The number of amides is 1. The van der Waals surface area contributed by atoms with Crippen LogP contribution in [0.2, 0.25) is 0 Å². The van der Waals surface area contributed by atoms with E-state index in [2.05, 4.69) is 20.7 Å². The molecule has 2 aromatic rings. The predicted molar refractivity (Wildman–Crippen MR) is 67.5 cm³/mol. The van der Waals surface area contributed by atoms with Crippen molar-refractivity contribution >= 4 is 22.9 Å². The van der Waals surface area contributed by atoms with Crippen LogP contribution < -0.4 is 5.32 Å². The highest BCUT2D eigenvalue weighted by molar-refractivity contribution is 5.97. The van der Waals surface area contributed by atoms with Crippen molar-refractivity contribution in [2.45, 2.75) is 13.3 Å². The molecule has 100 valence electrons. The van der Waals surface area contributed by atoms with Crippen molar-refractivity contribution < 1.29 is 14.3 Å². The molecule has 0 radical (unpaired) electrons. The highest BCUT2D eigenvalue weighted by atomic mass is 16.5. The Bertz CT molecular complexity index is 593. The average Bonchev–Trinajstić information content (AvgIpc) is 2.86. The smallest absolute Gasteiger partial charge is 0.307 e. The predicted octanol–water partition coefficient (Wildman–Crippen LogP) is 0.641. The topological polar surface area (TPSA) is 97.0 Å². The Morgan fingerprint density at radius 1 is 1.32 bits per heavy atom. The first-order valence-electron chi connectivity index (χ1n) is 5.95. The number of fused-ring (bicyclic) bond motifs is 1. The van der Waals surface area contributed by atoms with Crippen molar-refractivity contribution in [2.75, 3.05) is 13.2 Å². The van der Waals surface area contributed by atoms with Gasteiger partial charge in [0, 0.05) is 12.1 Å². The van der Waals surface area contributed by atoms with Gasteiger partial charge in [-0.15, -0.1) is 0 Å². The maximum Gasteiger partial charge on any atom is 0.307 e. The second-order valence-corrected chi connectivity index (χ2v) is 3.84. The third kappa shape index (κ3) is 3.27. The highest BCUT2D eigenvalue weighted by Crippen LogP contribution is 2.10. The number of carbonyl (C=O) groups is 2. The number of carbonyl (C=O) groups excluding carboxylic acids is 2. The van der Waals surface area contributed by atoms with Crippen molar-refractivity contribution in [1.29, 1.82) is 0 Å². The van der Waals surface area contributed by atoms with E-state index in [9.17, 15) is 9.59 Å². The minimum Gasteiger partial charge on any atom is -0.466 e. The van der Waals surface area contributed by atoms with Gasteiger partial charge in [-0.05, 0) is 25.1 Å². The fraction of sp³-hybridized carbons (Fsp3) is 0.333.